The molecule has 1 fully saturated rings. The lowest BCUT2D eigenvalue weighted by Crippen LogP contribution is -2.32. The Balaban J connectivity index is 2.09. The van der Waals surface area contributed by atoms with E-state index in [9.17, 15) is 0 Å². The van der Waals surface area contributed by atoms with E-state index in [1.807, 2.05) is 0 Å². The molecule has 0 saturated heterocycles. The van der Waals surface area contributed by atoms with Crippen LogP contribution in [0.3, 0.4) is 0 Å². The lowest BCUT2D eigenvalue weighted by atomic mass is 9.89. The van der Waals surface area contributed by atoms with Crippen LogP contribution in [0.1, 0.15) is 58.3 Å². The van der Waals surface area contributed by atoms with E-state index in [4.69, 9.17) is 0 Å². The molecule has 0 aliphatic heterocycles. The fourth-order valence-electron chi connectivity index (χ4n) is 2.61. The zero-order chi connectivity index (χ0) is 11.6. The van der Waals surface area contributed by atoms with Gasteiger partial charge in [-0.25, -0.2) is 0 Å². The summed E-state index contributed by atoms with van der Waals surface area (Å²) in [4.78, 5) is 2.42. The molecule has 0 bridgehead atoms. The number of hydrogen-bond acceptors (Lipinski definition) is 2. The summed E-state index contributed by atoms with van der Waals surface area (Å²) < 4.78 is 0. The van der Waals surface area contributed by atoms with E-state index in [0.717, 1.165) is 19.1 Å². The van der Waals surface area contributed by atoms with E-state index in [0.29, 0.717) is 0 Å². The van der Waals surface area contributed by atoms with Crippen molar-refractivity contribution in [3.8, 4) is 0 Å². The number of nitrogens with zero attached hydrogens (tertiary/aromatic N) is 1. The molecule has 0 aromatic heterocycles. The van der Waals surface area contributed by atoms with E-state index in [1.54, 1.807) is 0 Å². The lowest BCUT2D eigenvalue weighted by Gasteiger charge is -2.23. The molecule has 0 aromatic carbocycles. The maximum Gasteiger partial charge on any atom is 0.0477 e. The smallest absolute Gasteiger partial charge is 0.0477 e. The molecule has 0 atom stereocenters. The highest BCUT2D eigenvalue weighted by Gasteiger charge is 2.11. The van der Waals surface area contributed by atoms with Crippen LogP contribution in [0.2, 0.25) is 0 Å². The second-order valence-electron chi connectivity index (χ2n) is 5.34. The molecule has 0 amide bonds. The zero-order valence-electron chi connectivity index (χ0n) is 11.3. The summed E-state index contributed by atoms with van der Waals surface area (Å²) in [5.41, 5.74) is 0. The largest absolute Gasteiger partial charge is 0.305 e. The van der Waals surface area contributed by atoms with Crippen molar-refractivity contribution in [1.82, 2.24) is 10.2 Å². The van der Waals surface area contributed by atoms with Gasteiger partial charge >= 0.3 is 0 Å². The molecule has 2 heteroatoms. The minimum Gasteiger partial charge on any atom is -0.305 e. The first-order chi connectivity index (χ1) is 7.83. The Hall–Kier alpha value is -0.0800. The molecular formula is C14H30N2. The predicted molar refractivity (Wildman–Crippen MR) is 71.6 cm³/mol. The highest BCUT2D eigenvalue weighted by Crippen LogP contribution is 2.24. The average molecular weight is 226 g/mol. The minimum absolute atomic E-state index is 1.00. The zero-order valence-corrected chi connectivity index (χ0v) is 11.3. The topological polar surface area (TPSA) is 15.3 Å². The molecular weight excluding hydrogens is 196 g/mol. The third-order valence-corrected chi connectivity index (χ3v) is 3.78. The highest BCUT2D eigenvalue weighted by molar-refractivity contribution is 4.65. The molecule has 1 saturated carbocycles. The Bertz CT molecular complexity index is 151. The minimum atomic E-state index is 1.00. The maximum absolute atomic E-state index is 3.38. The van der Waals surface area contributed by atoms with Crippen molar-refractivity contribution < 1.29 is 0 Å². The van der Waals surface area contributed by atoms with Crippen molar-refractivity contribution in [1.29, 1.82) is 0 Å². The second-order valence-corrected chi connectivity index (χ2v) is 5.34. The molecule has 0 radical (unpaired) electrons. The molecule has 96 valence electrons. The van der Waals surface area contributed by atoms with Gasteiger partial charge in [0.05, 0.1) is 0 Å². The van der Waals surface area contributed by atoms with Crippen molar-refractivity contribution in [3.05, 3.63) is 0 Å². The summed E-state index contributed by atoms with van der Waals surface area (Å²) in [5, 5.41) is 3.38. The quantitative estimate of drug-likeness (QED) is 0.700. The fourth-order valence-corrected chi connectivity index (χ4v) is 2.61. The molecule has 2 nitrogen and oxygen atoms in total. The van der Waals surface area contributed by atoms with E-state index < -0.39 is 0 Å². The van der Waals surface area contributed by atoms with Gasteiger partial charge in [-0.1, -0.05) is 51.9 Å². The van der Waals surface area contributed by atoms with Gasteiger partial charge in [-0.05, 0) is 32.5 Å². The van der Waals surface area contributed by atoms with Crippen molar-refractivity contribution in [2.24, 2.45) is 5.92 Å². The normalized spacial score (nSPS) is 19.7. The summed E-state index contributed by atoms with van der Waals surface area (Å²) in [6.07, 6.45) is 11.7. The summed E-state index contributed by atoms with van der Waals surface area (Å²) in [7, 11) is 2.23. The molecule has 16 heavy (non-hydrogen) atoms. The van der Waals surface area contributed by atoms with Gasteiger partial charge in [-0.2, -0.15) is 0 Å². The Morgan fingerprint density at radius 3 is 2.31 bits per heavy atom. The predicted octanol–water partition coefficient (Wildman–Crippen LogP) is 3.24. The van der Waals surface area contributed by atoms with Crippen molar-refractivity contribution in [2.45, 2.75) is 58.3 Å². The van der Waals surface area contributed by atoms with Crippen LogP contribution in [0.15, 0.2) is 0 Å². The van der Waals surface area contributed by atoms with Gasteiger partial charge < -0.3 is 5.32 Å². The second kappa shape index (κ2) is 9.00. The molecule has 0 spiro atoms. The third-order valence-electron chi connectivity index (χ3n) is 3.78. The standard InChI is InChI=1S/C14H30N2/c1-3-15-13-16(2)12-11-14-9-7-5-4-6-8-10-14/h14-15H,3-13H2,1-2H3. The van der Waals surface area contributed by atoms with E-state index >= 15 is 0 Å². The van der Waals surface area contributed by atoms with Crippen LogP contribution in [0.5, 0.6) is 0 Å². The monoisotopic (exact) mass is 226 g/mol. The van der Waals surface area contributed by atoms with E-state index in [-0.39, 0.29) is 0 Å². The van der Waals surface area contributed by atoms with Gasteiger partial charge in [-0.3, -0.25) is 4.90 Å². The van der Waals surface area contributed by atoms with E-state index in [1.165, 1.54) is 57.9 Å². The van der Waals surface area contributed by atoms with Crippen LogP contribution in [0, 0.1) is 5.92 Å². The van der Waals surface area contributed by atoms with E-state index in [2.05, 4.69) is 24.2 Å². The Kier molecular flexibility index (Phi) is 7.87. The van der Waals surface area contributed by atoms with Crippen LogP contribution in [-0.4, -0.2) is 31.7 Å². The maximum atomic E-state index is 3.38. The van der Waals surface area contributed by atoms with Gasteiger partial charge in [0.2, 0.25) is 0 Å². The number of rotatable bonds is 6. The van der Waals surface area contributed by atoms with Crippen molar-refractivity contribution in [2.75, 3.05) is 26.8 Å². The van der Waals surface area contributed by atoms with Gasteiger partial charge in [0.1, 0.15) is 0 Å². The lowest BCUT2D eigenvalue weighted by molar-refractivity contribution is 0.261. The first kappa shape index (κ1) is 14.0. The van der Waals surface area contributed by atoms with Crippen LogP contribution in [0.4, 0.5) is 0 Å². The van der Waals surface area contributed by atoms with Crippen LogP contribution in [0.25, 0.3) is 0 Å². The molecule has 0 aromatic rings. The average Bonchev–Trinajstić information content (AvgIpc) is 2.25. The first-order valence-electron chi connectivity index (χ1n) is 7.22. The third kappa shape index (κ3) is 6.49. The Labute approximate surface area is 102 Å². The van der Waals surface area contributed by atoms with Gasteiger partial charge in [0.25, 0.3) is 0 Å². The van der Waals surface area contributed by atoms with Gasteiger partial charge in [-0.15, -0.1) is 0 Å². The Morgan fingerprint density at radius 1 is 1.06 bits per heavy atom. The molecule has 1 N–H and O–H groups in total. The fraction of sp³-hybridized carbons (Fsp3) is 1.00. The molecule has 1 aliphatic rings. The summed E-state index contributed by atoms with van der Waals surface area (Å²) in [6.45, 7) is 5.55. The molecule has 1 rings (SSSR count). The van der Waals surface area contributed by atoms with Crippen molar-refractivity contribution >= 4 is 0 Å². The number of hydrogen-bond donors (Lipinski definition) is 1. The first-order valence-corrected chi connectivity index (χ1v) is 7.22. The van der Waals surface area contributed by atoms with Crippen LogP contribution >= 0.6 is 0 Å². The van der Waals surface area contributed by atoms with Gasteiger partial charge in [0.15, 0.2) is 0 Å². The summed E-state index contributed by atoms with van der Waals surface area (Å²) in [6, 6.07) is 0. The molecule has 0 unspecified atom stereocenters. The summed E-state index contributed by atoms with van der Waals surface area (Å²) >= 11 is 0. The number of nitrogens with one attached hydrogen (secondary N) is 1. The Morgan fingerprint density at radius 2 is 1.69 bits per heavy atom. The molecule has 1 aliphatic carbocycles. The van der Waals surface area contributed by atoms with Gasteiger partial charge in [0, 0.05) is 6.67 Å². The SMILES string of the molecule is CCNCN(C)CCC1CCCCCCC1. The summed E-state index contributed by atoms with van der Waals surface area (Å²) in [5.74, 6) is 1.00. The van der Waals surface area contributed by atoms with Crippen LogP contribution in [-0.2, 0) is 0 Å². The van der Waals surface area contributed by atoms with Crippen molar-refractivity contribution in [3.63, 3.8) is 0 Å². The van der Waals surface area contributed by atoms with Crippen LogP contribution < -0.4 is 5.32 Å². The molecule has 0 heterocycles. The highest BCUT2D eigenvalue weighted by atomic mass is 15.2.